The van der Waals surface area contributed by atoms with Crippen LogP contribution in [0.2, 0.25) is 5.02 Å². The molecule has 0 saturated carbocycles. The summed E-state index contributed by atoms with van der Waals surface area (Å²) in [6, 6.07) is 17.8. The van der Waals surface area contributed by atoms with Crippen LogP contribution in [0, 0.1) is 6.92 Å². The highest BCUT2D eigenvalue weighted by Gasteiger charge is 2.30. The molecule has 0 fully saturated rings. The van der Waals surface area contributed by atoms with Crippen molar-refractivity contribution in [2.45, 2.75) is 11.8 Å². The minimum Gasteiger partial charge on any atom is -0.495 e. The van der Waals surface area contributed by atoms with Crippen molar-refractivity contribution in [2.24, 2.45) is 17.3 Å². The highest BCUT2D eigenvalue weighted by molar-refractivity contribution is 7.92. The number of benzene rings is 3. The number of anilines is 1. The van der Waals surface area contributed by atoms with Crippen LogP contribution in [0.4, 0.5) is 11.4 Å². The van der Waals surface area contributed by atoms with Crippen molar-refractivity contribution in [1.82, 2.24) is 4.57 Å². The van der Waals surface area contributed by atoms with E-state index in [1.807, 2.05) is 6.92 Å². The Bertz CT molecular complexity index is 1580. The average Bonchev–Trinajstić information content (AvgIpc) is 3.11. The molecule has 186 valence electrons. The number of amides is 1. The summed E-state index contributed by atoms with van der Waals surface area (Å²) in [6.07, 6.45) is 0. The molecule has 0 atom stereocenters. The topological polar surface area (TPSA) is 114 Å². The normalized spacial score (nSPS) is 11.8. The lowest BCUT2D eigenvalue weighted by Gasteiger charge is -2.25. The van der Waals surface area contributed by atoms with Gasteiger partial charge in [0.05, 0.1) is 23.2 Å². The molecule has 1 N–H and O–H groups in total. The number of rotatable bonds is 7. The number of aromatic nitrogens is 1. The number of carbonyl (C=O) groups is 1. The molecule has 1 amide bonds. The van der Waals surface area contributed by atoms with Crippen LogP contribution in [0.3, 0.4) is 0 Å². The molecular formula is C25H23ClN4O5S. The second-order valence-corrected chi connectivity index (χ2v) is 10.3. The number of hydrogen-bond donors (Lipinski definition) is 1. The molecule has 0 unspecified atom stereocenters. The molecule has 1 aromatic heterocycles. The monoisotopic (exact) mass is 526 g/mol. The summed E-state index contributed by atoms with van der Waals surface area (Å²) in [7, 11) is -1.18. The summed E-state index contributed by atoms with van der Waals surface area (Å²) in [5, 5.41) is 19.0. The van der Waals surface area contributed by atoms with Gasteiger partial charge in [-0.2, -0.15) is 0 Å². The third-order valence-electron chi connectivity index (χ3n) is 5.61. The van der Waals surface area contributed by atoms with E-state index in [1.165, 1.54) is 35.9 Å². The number of aromatic hydroxyl groups is 1. The Morgan fingerprint density at radius 1 is 1.11 bits per heavy atom. The SMILES string of the molecule is COc1ccc(Cl)cc1N(CC(=O)N=Nc1c(O)n(C)c2ccccc12)S(=O)(=O)c1ccc(C)cc1. The molecule has 11 heteroatoms. The van der Waals surface area contributed by atoms with Gasteiger partial charge in [-0.15, -0.1) is 10.2 Å². The summed E-state index contributed by atoms with van der Waals surface area (Å²) in [4.78, 5) is 12.9. The van der Waals surface area contributed by atoms with Gasteiger partial charge in [-0.25, -0.2) is 8.42 Å². The largest absolute Gasteiger partial charge is 0.495 e. The van der Waals surface area contributed by atoms with E-state index in [-0.39, 0.29) is 32.9 Å². The lowest BCUT2D eigenvalue weighted by molar-refractivity contribution is -0.116. The maximum Gasteiger partial charge on any atom is 0.285 e. The smallest absolute Gasteiger partial charge is 0.285 e. The minimum absolute atomic E-state index is 0.0217. The van der Waals surface area contributed by atoms with E-state index < -0.39 is 22.5 Å². The molecule has 4 rings (SSSR count). The van der Waals surface area contributed by atoms with E-state index in [9.17, 15) is 18.3 Å². The van der Waals surface area contributed by atoms with Crippen LogP contribution >= 0.6 is 11.6 Å². The molecule has 36 heavy (non-hydrogen) atoms. The van der Waals surface area contributed by atoms with Crippen molar-refractivity contribution in [3.05, 3.63) is 77.3 Å². The highest BCUT2D eigenvalue weighted by Crippen LogP contribution is 2.38. The Morgan fingerprint density at radius 2 is 1.81 bits per heavy atom. The number of ether oxygens (including phenoxy) is 1. The van der Waals surface area contributed by atoms with Gasteiger partial charge >= 0.3 is 0 Å². The number of carbonyl (C=O) groups excluding carboxylic acids is 1. The van der Waals surface area contributed by atoms with Crippen LogP contribution < -0.4 is 9.04 Å². The second kappa shape index (κ2) is 10.00. The van der Waals surface area contributed by atoms with Crippen molar-refractivity contribution in [3.8, 4) is 11.6 Å². The van der Waals surface area contributed by atoms with Gasteiger partial charge in [0.15, 0.2) is 5.69 Å². The van der Waals surface area contributed by atoms with E-state index in [1.54, 1.807) is 49.5 Å². The lowest BCUT2D eigenvalue weighted by Crippen LogP contribution is -2.35. The van der Waals surface area contributed by atoms with Gasteiger partial charge in [-0.05, 0) is 43.3 Å². The molecule has 9 nitrogen and oxygen atoms in total. The summed E-state index contributed by atoms with van der Waals surface area (Å²) in [5.41, 5.74) is 1.75. The van der Waals surface area contributed by atoms with Crippen molar-refractivity contribution in [1.29, 1.82) is 0 Å². The van der Waals surface area contributed by atoms with E-state index in [2.05, 4.69) is 10.2 Å². The number of hydrogen-bond acceptors (Lipinski definition) is 6. The first kappa shape index (κ1) is 25.2. The third-order valence-corrected chi connectivity index (χ3v) is 7.62. The maximum atomic E-state index is 13.6. The molecule has 3 aromatic carbocycles. The number of azo groups is 1. The molecule has 4 aromatic rings. The number of methoxy groups -OCH3 is 1. The predicted octanol–water partition coefficient (Wildman–Crippen LogP) is 5.36. The first-order valence-corrected chi connectivity index (χ1v) is 12.6. The third kappa shape index (κ3) is 4.77. The predicted molar refractivity (Wildman–Crippen MR) is 138 cm³/mol. The van der Waals surface area contributed by atoms with Gasteiger partial charge in [0, 0.05) is 17.5 Å². The van der Waals surface area contributed by atoms with Gasteiger partial charge < -0.3 is 14.4 Å². The zero-order chi connectivity index (χ0) is 26.0. The first-order valence-electron chi connectivity index (χ1n) is 10.8. The van der Waals surface area contributed by atoms with Gasteiger partial charge in [0.25, 0.3) is 15.9 Å². The number of nitrogens with zero attached hydrogens (tertiary/aromatic N) is 4. The molecule has 0 radical (unpaired) electrons. The summed E-state index contributed by atoms with van der Waals surface area (Å²) in [5.74, 6) is -0.833. The van der Waals surface area contributed by atoms with Crippen LogP contribution in [-0.2, 0) is 21.9 Å². The molecule has 0 bridgehead atoms. The summed E-state index contributed by atoms with van der Waals surface area (Å²) >= 11 is 6.15. The quantitative estimate of drug-likeness (QED) is 0.326. The number of halogens is 1. The van der Waals surface area contributed by atoms with E-state index in [4.69, 9.17) is 16.3 Å². The first-order chi connectivity index (χ1) is 17.1. The zero-order valence-corrected chi connectivity index (χ0v) is 21.3. The molecule has 1 heterocycles. The molecule has 0 saturated heterocycles. The van der Waals surface area contributed by atoms with Gasteiger partial charge in [-0.3, -0.25) is 9.10 Å². The fourth-order valence-electron chi connectivity index (χ4n) is 3.71. The Kier molecular flexibility index (Phi) is 7.00. The Balaban J connectivity index is 1.75. The number of fused-ring (bicyclic) bond motifs is 1. The van der Waals surface area contributed by atoms with Crippen molar-refractivity contribution < 1.29 is 23.1 Å². The van der Waals surface area contributed by atoms with Gasteiger partial charge in [0.1, 0.15) is 12.3 Å². The van der Waals surface area contributed by atoms with Gasteiger partial charge in [0.2, 0.25) is 5.88 Å². The van der Waals surface area contributed by atoms with Crippen molar-refractivity contribution in [2.75, 3.05) is 18.0 Å². The van der Waals surface area contributed by atoms with E-state index in [0.717, 1.165) is 9.87 Å². The van der Waals surface area contributed by atoms with Crippen LogP contribution in [0.1, 0.15) is 5.56 Å². The average molecular weight is 527 g/mol. The second-order valence-electron chi connectivity index (χ2n) is 7.98. The standard InChI is InChI=1S/C25H23ClN4O5S/c1-16-8-11-18(12-9-16)36(33,34)30(21-14-17(26)10-13-22(21)35-3)15-23(31)27-28-24-19-6-4-5-7-20(19)29(2)25(24)32/h4-14,32H,15H2,1-3H3. The number of para-hydroxylation sites is 1. The summed E-state index contributed by atoms with van der Waals surface area (Å²) < 4.78 is 35.0. The fraction of sp³-hybridized carbons (Fsp3) is 0.160. The summed E-state index contributed by atoms with van der Waals surface area (Å²) in [6.45, 7) is 1.16. The maximum absolute atomic E-state index is 13.6. The fourth-order valence-corrected chi connectivity index (χ4v) is 5.30. The van der Waals surface area contributed by atoms with E-state index in [0.29, 0.717) is 10.9 Å². The molecule has 0 aliphatic heterocycles. The van der Waals surface area contributed by atoms with Crippen LogP contribution in [0.25, 0.3) is 10.9 Å². The lowest BCUT2D eigenvalue weighted by atomic mass is 10.2. The molecule has 0 spiro atoms. The highest BCUT2D eigenvalue weighted by atomic mass is 35.5. The Morgan fingerprint density at radius 3 is 2.50 bits per heavy atom. The number of sulfonamides is 1. The van der Waals surface area contributed by atoms with Crippen molar-refractivity contribution >= 4 is 49.8 Å². The van der Waals surface area contributed by atoms with Crippen LogP contribution in [0.5, 0.6) is 11.6 Å². The molecule has 0 aliphatic rings. The number of aryl methyl sites for hydroxylation is 2. The van der Waals surface area contributed by atoms with Crippen molar-refractivity contribution in [3.63, 3.8) is 0 Å². The minimum atomic E-state index is -4.22. The van der Waals surface area contributed by atoms with Crippen LogP contribution in [0.15, 0.2) is 81.9 Å². The Labute approximate surface area is 213 Å². The molecule has 0 aliphatic carbocycles. The zero-order valence-electron chi connectivity index (χ0n) is 19.7. The van der Waals surface area contributed by atoms with Gasteiger partial charge in [-0.1, -0.05) is 47.5 Å². The Hall–Kier alpha value is -3.89. The molecular weight excluding hydrogens is 504 g/mol. The van der Waals surface area contributed by atoms with E-state index >= 15 is 0 Å². The van der Waals surface area contributed by atoms with Crippen LogP contribution in [-0.4, -0.2) is 37.7 Å².